The molecule has 2 aromatic rings. The maximum atomic E-state index is 11.7. The Labute approximate surface area is 126 Å². The molecule has 1 amide bonds. The molecule has 21 heavy (non-hydrogen) atoms. The van der Waals surface area contributed by atoms with Crippen LogP contribution in [0.15, 0.2) is 54.6 Å². The molecular weight excluding hydrogens is 260 g/mol. The van der Waals surface area contributed by atoms with Crippen LogP contribution >= 0.6 is 0 Å². The number of hydrogen-bond acceptors (Lipinski definition) is 2. The third-order valence-electron chi connectivity index (χ3n) is 3.47. The first kappa shape index (κ1) is 15.3. The number of aryl methyl sites for hydroxylation is 1. The molecule has 2 rings (SSSR count). The fourth-order valence-electron chi connectivity index (χ4n) is 2.42. The summed E-state index contributed by atoms with van der Waals surface area (Å²) in [6.07, 6.45) is 0. The minimum absolute atomic E-state index is 0.0204. The first-order valence-corrected chi connectivity index (χ1v) is 7.33. The van der Waals surface area contributed by atoms with Crippen molar-refractivity contribution in [3.63, 3.8) is 0 Å². The number of amides is 1. The van der Waals surface area contributed by atoms with Gasteiger partial charge in [-0.25, -0.2) is 0 Å². The largest absolute Gasteiger partial charge is 0.355 e. The van der Waals surface area contributed by atoms with Gasteiger partial charge in [-0.3, -0.25) is 10.1 Å². The minimum Gasteiger partial charge on any atom is -0.355 e. The van der Waals surface area contributed by atoms with Gasteiger partial charge in [0.15, 0.2) is 0 Å². The van der Waals surface area contributed by atoms with E-state index in [2.05, 4.69) is 41.8 Å². The molecule has 1 atom stereocenters. The van der Waals surface area contributed by atoms with Crippen LogP contribution in [-0.4, -0.2) is 19.0 Å². The highest BCUT2D eigenvalue weighted by Crippen LogP contribution is 2.24. The summed E-state index contributed by atoms with van der Waals surface area (Å²) in [7, 11) is 0. The van der Waals surface area contributed by atoms with Crippen LogP contribution in [0.2, 0.25) is 0 Å². The molecular formula is C18H22N2O. The Morgan fingerprint density at radius 3 is 2.38 bits per heavy atom. The topological polar surface area (TPSA) is 41.1 Å². The van der Waals surface area contributed by atoms with Crippen molar-refractivity contribution < 1.29 is 4.79 Å². The van der Waals surface area contributed by atoms with Gasteiger partial charge in [-0.2, -0.15) is 0 Å². The van der Waals surface area contributed by atoms with Crippen molar-refractivity contribution in [1.29, 1.82) is 0 Å². The molecule has 0 fully saturated rings. The highest BCUT2D eigenvalue weighted by molar-refractivity contribution is 5.78. The molecule has 0 radical (unpaired) electrons. The van der Waals surface area contributed by atoms with Crippen molar-refractivity contribution in [3.8, 4) is 0 Å². The van der Waals surface area contributed by atoms with Gasteiger partial charge in [-0.1, -0.05) is 54.6 Å². The van der Waals surface area contributed by atoms with E-state index in [-0.39, 0.29) is 11.9 Å². The molecule has 0 aliphatic rings. The van der Waals surface area contributed by atoms with Crippen LogP contribution in [0.3, 0.4) is 0 Å². The van der Waals surface area contributed by atoms with Gasteiger partial charge < -0.3 is 5.32 Å². The number of benzene rings is 2. The lowest BCUT2D eigenvalue weighted by molar-refractivity contribution is -0.120. The Kier molecular flexibility index (Phi) is 5.52. The van der Waals surface area contributed by atoms with E-state index < -0.39 is 0 Å². The van der Waals surface area contributed by atoms with Crippen LogP contribution in [0.25, 0.3) is 0 Å². The van der Waals surface area contributed by atoms with Gasteiger partial charge in [0, 0.05) is 6.54 Å². The summed E-state index contributed by atoms with van der Waals surface area (Å²) in [6.45, 7) is 4.98. The number of likely N-dealkylation sites (N-methyl/N-ethyl adjacent to an activating group) is 1. The Balaban J connectivity index is 2.23. The van der Waals surface area contributed by atoms with E-state index in [1.807, 2.05) is 37.3 Å². The number of nitrogens with one attached hydrogen (secondary N) is 2. The number of rotatable bonds is 6. The molecule has 0 aliphatic carbocycles. The van der Waals surface area contributed by atoms with E-state index in [1.165, 1.54) is 11.1 Å². The van der Waals surface area contributed by atoms with Crippen LogP contribution in [0.1, 0.15) is 29.7 Å². The van der Waals surface area contributed by atoms with Crippen molar-refractivity contribution in [2.75, 3.05) is 13.1 Å². The summed E-state index contributed by atoms with van der Waals surface area (Å²) in [5.41, 5.74) is 3.58. The van der Waals surface area contributed by atoms with Crippen LogP contribution in [0, 0.1) is 6.92 Å². The molecule has 0 aromatic heterocycles. The van der Waals surface area contributed by atoms with Gasteiger partial charge in [0.25, 0.3) is 0 Å². The quantitative estimate of drug-likeness (QED) is 0.855. The maximum Gasteiger partial charge on any atom is 0.233 e. The lowest BCUT2D eigenvalue weighted by atomic mass is 9.95. The first-order valence-electron chi connectivity index (χ1n) is 7.33. The third-order valence-corrected chi connectivity index (χ3v) is 3.47. The molecule has 0 bridgehead atoms. The first-order chi connectivity index (χ1) is 10.2. The predicted octanol–water partition coefficient (Wildman–Crippen LogP) is 2.81. The predicted molar refractivity (Wildman–Crippen MR) is 86.2 cm³/mol. The van der Waals surface area contributed by atoms with Crippen LogP contribution < -0.4 is 10.6 Å². The summed E-state index contributed by atoms with van der Waals surface area (Å²) in [4.78, 5) is 11.7. The zero-order valence-electron chi connectivity index (χ0n) is 12.6. The van der Waals surface area contributed by atoms with Crippen molar-refractivity contribution in [3.05, 3.63) is 71.3 Å². The Morgan fingerprint density at radius 1 is 1.05 bits per heavy atom. The van der Waals surface area contributed by atoms with Gasteiger partial charge in [0.1, 0.15) is 0 Å². The highest BCUT2D eigenvalue weighted by atomic mass is 16.1. The molecule has 0 heterocycles. The lowest BCUT2D eigenvalue weighted by Crippen LogP contribution is -2.36. The second kappa shape index (κ2) is 7.60. The van der Waals surface area contributed by atoms with Gasteiger partial charge in [0.2, 0.25) is 5.91 Å². The molecule has 110 valence electrons. The van der Waals surface area contributed by atoms with Gasteiger partial charge in [-0.05, 0) is 30.5 Å². The molecule has 0 saturated carbocycles. The van der Waals surface area contributed by atoms with E-state index in [9.17, 15) is 4.79 Å². The zero-order chi connectivity index (χ0) is 15.1. The zero-order valence-corrected chi connectivity index (χ0v) is 12.6. The molecule has 2 aromatic carbocycles. The van der Waals surface area contributed by atoms with Crippen LogP contribution in [0.5, 0.6) is 0 Å². The summed E-state index contributed by atoms with van der Waals surface area (Å²) in [6, 6.07) is 18.5. The molecule has 2 N–H and O–H groups in total. The van der Waals surface area contributed by atoms with E-state index in [1.54, 1.807) is 0 Å². The standard InChI is InChI=1S/C18H22N2O/c1-3-19-17(21)13-20-18(15-10-5-4-6-11-15)16-12-8-7-9-14(16)2/h4-12,18,20H,3,13H2,1-2H3,(H,19,21). The van der Waals surface area contributed by atoms with Crippen molar-refractivity contribution in [2.45, 2.75) is 19.9 Å². The van der Waals surface area contributed by atoms with Crippen molar-refractivity contribution >= 4 is 5.91 Å². The van der Waals surface area contributed by atoms with E-state index >= 15 is 0 Å². The summed E-state index contributed by atoms with van der Waals surface area (Å²) >= 11 is 0. The second-order valence-electron chi connectivity index (χ2n) is 5.03. The average molecular weight is 282 g/mol. The highest BCUT2D eigenvalue weighted by Gasteiger charge is 2.16. The SMILES string of the molecule is CCNC(=O)CNC(c1ccccc1)c1ccccc1C. The molecule has 3 nitrogen and oxygen atoms in total. The molecule has 0 saturated heterocycles. The monoisotopic (exact) mass is 282 g/mol. The van der Waals surface area contributed by atoms with E-state index in [0.717, 1.165) is 5.56 Å². The fourth-order valence-corrected chi connectivity index (χ4v) is 2.42. The second-order valence-corrected chi connectivity index (χ2v) is 5.03. The normalized spacial score (nSPS) is 11.9. The van der Waals surface area contributed by atoms with Crippen molar-refractivity contribution in [1.82, 2.24) is 10.6 Å². The summed E-state index contributed by atoms with van der Waals surface area (Å²) in [5.74, 6) is 0.0204. The number of hydrogen-bond donors (Lipinski definition) is 2. The Hall–Kier alpha value is -2.13. The maximum absolute atomic E-state index is 11.7. The minimum atomic E-state index is 0.0204. The van der Waals surface area contributed by atoms with E-state index in [0.29, 0.717) is 13.1 Å². The van der Waals surface area contributed by atoms with Crippen LogP contribution in [-0.2, 0) is 4.79 Å². The lowest BCUT2D eigenvalue weighted by Gasteiger charge is -2.21. The molecule has 1 unspecified atom stereocenters. The molecule has 0 aliphatic heterocycles. The van der Waals surface area contributed by atoms with Gasteiger partial charge in [-0.15, -0.1) is 0 Å². The summed E-state index contributed by atoms with van der Waals surface area (Å²) < 4.78 is 0. The number of carbonyl (C=O) groups is 1. The third kappa shape index (κ3) is 4.17. The van der Waals surface area contributed by atoms with Crippen LogP contribution in [0.4, 0.5) is 0 Å². The van der Waals surface area contributed by atoms with Gasteiger partial charge in [0.05, 0.1) is 12.6 Å². The summed E-state index contributed by atoms with van der Waals surface area (Å²) in [5, 5.41) is 6.18. The Morgan fingerprint density at radius 2 is 1.71 bits per heavy atom. The van der Waals surface area contributed by atoms with Gasteiger partial charge >= 0.3 is 0 Å². The smallest absolute Gasteiger partial charge is 0.233 e. The average Bonchev–Trinajstić information content (AvgIpc) is 2.50. The van der Waals surface area contributed by atoms with Crippen molar-refractivity contribution in [2.24, 2.45) is 0 Å². The van der Waals surface area contributed by atoms with E-state index in [4.69, 9.17) is 0 Å². The fraction of sp³-hybridized carbons (Fsp3) is 0.278. The number of carbonyl (C=O) groups excluding carboxylic acids is 1. The molecule has 0 spiro atoms. The Bertz CT molecular complexity index is 581. The molecule has 3 heteroatoms.